The van der Waals surface area contributed by atoms with Crippen LogP contribution in [0.25, 0.3) is 0 Å². The van der Waals surface area contributed by atoms with Crippen LogP contribution in [0.15, 0.2) is 0 Å². The monoisotopic (exact) mass is 102 g/mol. The van der Waals surface area contributed by atoms with Crippen molar-refractivity contribution in [3.63, 3.8) is 0 Å². The molecule has 1 aliphatic rings. The van der Waals surface area contributed by atoms with Gasteiger partial charge in [0.15, 0.2) is 0 Å². The van der Waals surface area contributed by atoms with E-state index < -0.39 is 0 Å². The predicted octanol–water partition coefficient (Wildman–Crippen LogP) is 1.85. The van der Waals surface area contributed by atoms with Crippen molar-refractivity contribution in [3.8, 4) is 0 Å². The molecule has 0 aliphatic carbocycles. The molecule has 0 nitrogen and oxygen atoms in total. The summed E-state index contributed by atoms with van der Waals surface area (Å²) < 4.78 is 0. The lowest BCUT2D eigenvalue weighted by atomic mass is 10.3. The van der Waals surface area contributed by atoms with Gasteiger partial charge < -0.3 is 0 Å². The molecule has 0 aromatic rings. The number of rotatable bonds is 0. The maximum atomic E-state index is 1.53. The van der Waals surface area contributed by atoms with E-state index >= 15 is 0 Å². The first kappa shape index (κ1) is 4.59. The molecule has 1 rings (SSSR count). The molecule has 0 spiro atoms. The summed E-state index contributed by atoms with van der Waals surface area (Å²) in [5, 5.41) is 0. The van der Waals surface area contributed by atoms with Crippen molar-refractivity contribution in [2.75, 3.05) is 12.3 Å². The highest BCUT2D eigenvalue weighted by molar-refractivity contribution is 7.38. The molecular formula is C5H11P. The van der Waals surface area contributed by atoms with Gasteiger partial charge in [-0.3, -0.25) is 0 Å². The van der Waals surface area contributed by atoms with Crippen molar-refractivity contribution >= 4 is 8.58 Å². The Bertz CT molecular complexity index is 19.4. The van der Waals surface area contributed by atoms with Crippen LogP contribution >= 0.6 is 8.58 Å². The van der Waals surface area contributed by atoms with E-state index in [-0.39, 0.29) is 0 Å². The minimum atomic E-state index is 1.30. The SMILES string of the molecule is C1CCPCC1. The van der Waals surface area contributed by atoms with E-state index in [9.17, 15) is 0 Å². The van der Waals surface area contributed by atoms with Crippen molar-refractivity contribution in [3.05, 3.63) is 0 Å². The van der Waals surface area contributed by atoms with E-state index in [0.717, 1.165) is 0 Å². The molecule has 6 heavy (non-hydrogen) atoms. The standard InChI is InChI=1S/C5H11P/c1-2-4-6-5-3-1/h6H,1-5H2. The zero-order valence-electron chi connectivity index (χ0n) is 4.04. The van der Waals surface area contributed by atoms with Crippen molar-refractivity contribution in [2.45, 2.75) is 19.3 Å². The summed E-state index contributed by atoms with van der Waals surface area (Å²) in [6.07, 6.45) is 7.59. The third-order valence-corrected chi connectivity index (χ3v) is 2.62. The van der Waals surface area contributed by atoms with Crippen LogP contribution in [-0.4, -0.2) is 12.3 Å². The highest BCUT2D eigenvalue weighted by Crippen LogP contribution is 2.21. The Balaban J connectivity index is 2.00. The fourth-order valence-corrected chi connectivity index (χ4v) is 2.05. The average Bonchev–Trinajstić information content (AvgIpc) is 1.72. The Morgan fingerprint density at radius 2 is 1.50 bits per heavy atom. The van der Waals surface area contributed by atoms with E-state index in [1.165, 1.54) is 40.2 Å². The summed E-state index contributed by atoms with van der Waals surface area (Å²) >= 11 is 0. The van der Waals surface area contributed by atoms with E-state index in [1.54, 1.807) is 0 Å². The van der Waals surface area contributed by atoms with Gasteiger partial charge in [0.05, 0.1) is 0 Å². The second kappa shape index (κ2) is 2.58. The van der Waals surface area contributed by atoms with Gasteiger partial charge in [0.1, 0.15) is 0 Å². The fraction of sp³-hybridized carbons (Fsp3) is 1.00. The first-order valence-corrected chi connectivity index (χ1v) is 4.12. The third-order valence-electron chi connectivity index (χ3n) is 1.21. The van der Waals surface area contributed by atoms with Crippen molar-refractivity contribution < 1.29 is 0 Å². The van der Waals surface area contributed by atoms with Crippen LogP contribution < -0.4 is 0 Å². The molecule has 0 radical (unpaired) electrons. The van der Waals surface area contributed by atoms with Gasteiger partial charge in [0, 0.05) is 0 Å². The summed E-state index contributed by atoms with van der Waals surface area (Å²) in [4.78, 5) is 0. The van der Waals surface area contributed by atoms with Gasteiger partial charge in [-0.2, -0.15) is 0 Å². The Hall–Kier alpha value is 0.430. The van der Waals surface area contributed by atoms with E-state index in [0.29, 0.717) is 0 Å². The first-order valence-electron chi connectivity index (χ1n) is 2.71. The van der Waals surface area contributed by atoms with Crippen LogP contribution in [0.2, 0.25) is 0 Å². The summed E-state index contributed by atoms with van der Waals surface area (Å²) in [7, 11) is 1.30. The molecule has 0 aromatic heterocycles. The molecule has 36 valence electrons. The normalized spacial score (nSPS) is 24.0. The van der Waals surface area contributed by atoms with Crippen LogP contribution in [0.1, 0.15) is 19.3 Å². The largest absolute Gasteiger partial charge is 0.122 e. The summed E-state index contributed by atoms with van der Waals surface area (Å²) in [6.45, 7) is 0. The number of hydrogen-bond donors (Lipinski definition) is 0. The highest BCUT2D eigenvalue weighted by Gasteiger charge is 1.95. The summed E-state index contributed by atoms with van der Waals surface area (Å²) in [5.41, 5.74) is 0. The van der Waals surface area contributed by atoms with E-state index in [2.05, 4.69) is 0 Å². The van der Waals surface area contributed by atoms with Crippen molar-refractivity contribution in [1.29, 1.82) is 0 Å². The van der Waals surface area contributed by atoms with Crippen molar-refractivity contribution in [2.24, 2.45) is 0 Å². The Morgan fingerprint density at radius 1 is 0.833 bits per heavy atom. The third kappa shape index (κ3) is 1.26. The molecule has 0 atom stereocenters. The maximum absolute atomic E-state index is 1.53. The van der Waals surface area contributed by atoms with E-state index in [1.807, 2.05) is 0 Å². The zero-order chi connectivity index (χ0) is 4.24. The lowest BCUT2D eigenvalue weighted by molar-refractivity contribution is 0.759. The smallest absolute Gasteiger partial charge is 0.0353 e. The van der Waals surface area contributed by atoms with Gasteiger partial charge in [0.2, 0.25) is 0 Å². The second-order valence-corrected chi connectivity index (χ2v) is 3.31. The Morgan fingerprint density at radius 3 is 1.67 bits per heavy atom. The van der Waals surface area contributed by atoms with Gasteiger partial charge in [-0.25, -0.2) is 0 Å². The molecule has 1 heterocycles. The molecule has 1 aliphatic heterocycles. The summed E-state index contributed by atoms with van der Waals surface area (Å²) in [6, 6.07) is 0. The zero-order valence-corrected chi connectivity index (χ0v) is 5.04. The van der Waals surface area contributed by atoms with Crippen molar-refractivity contribution in [1.82, 2.24) is 0 Å². The van der Waals surface area contributed by atoms with Gasteiger partial charge in [-0.05, 0) is 25.2 Å². The lowest BCUT2D eigenvalue weighted by Gasteiger charge is -2.06. The first-order chi connectivity index (χ1) is 3.00. The van der Waals surface area contributed by atoms with Crippen LogP contribution in [0.5, 0.6) is 0 Å². The van der Waals surface area contributed by atoms with Crippen LogP contribution in [0.4, 0.5) is 0 Å². The quantitative estimate of drug-likeness (QED) is 0.409. The maximum Gasteiger partial charge on any atom is -0.0353 e. The molecule has 0 bridgehead atoms. The second-order valence-electron chi connectivity index (χ2n) is 1.81. The molecule has 0 unspecified atom stereocenters. The minimum absolute atomic E-state index is 1.30. The van der Waals surface area contributed by atoms with Gasteiger partial charge in [0.25, 0.3) is 0 Å². The van der Waals surface area contributed by atoms with Gasteiger partial charge in [-0.15, -0.1) is 8.58 Å². The molecule has 0 amide bonds. The van der Waals surface area contributed by atoms with Gasteiger partial charge >= 0.3 is 0 Å². The fourth-order valence-electron chi connectivity index (χ4n) is 0.802. The molecule has 0 aromatic carbocycles. The lowest BCUT2D eigenvalue weighted by Crippen LogP contribution is -1.89. The van der Waals surface area contributed by atoms with Crippen LogP contribution in [-0.2, 0) is 0 Å². The molecule has 1 heteroatoms. The Kier molecular flexibility index (Phi) is 1.97. The summed E-state index contributed by atoms with van der Waals surface area (Å²) in [5.74, 6) is 0. The minimum Gasteiger partial charge on any atom is -0.122 e. The number of hydrogen-bond acceptors (Lipinski definition) is 0. The van der Waals surface area contributed by atoms with Crippen LogP contribution in [0.3, 0.4) is 0 Å². The van der Waals surface area contributed by atoms with Gasteiger partial charge in [-0.1, -0.05) is 6.42 Å². The molecule has 0 N–H and O–H groups in total. The molecule has 1 saturated heterocycles. The van der Waals surface area contributed by atoms with E-state index in [4.69, 9.17) is 0 Å². The average molecular weight is 102 g/mol. The Labute approximate surface area is 41.1 Å². The predicted molar refractivity (Wildman–Crippen MR) is 31.9 cm³/mol. The topological polar surface area (TPSA) is 0 Å². The molecule has 0 saturated carbocycles. The molecule has 1 fully saturated rings. The molecular weight excluding hydrogens is 91.0 g/mol. The van der Waals surface area contributed by atoms with Crippen LogP contribution in [0, 0.1) is 0 Å². The highest BCUT2D eigenvalue weighted by atomic mass is 31.1.